The van der Waals surface area contributed by atoms with Crippen LogP contribution in [0.2, 0.25) is 0 Å². The molecule has 1 amide bonds. The first-order valence-electron chi connectivity index (χ1n) is 16.7. The molecule has 2 aliphatic heterocycles. The van der Waals surface area contributed by atoms with Gasteiger partial charge in [-0.1, -0.05) is 109 Å². The number of fused-ring (bicyclic) bond motifs is 2. The molecule has 1 N–H and O–H groups in total. The third-order valence-corrected chi connectivity index (χ3v) is 11.8. The normalized spacial score (nSPS) is 24.6. The summed E-state index contributed by atoms with van der Waals surface area (Å²) in [4.78, 5) is 44.8. The summed E-state index contributed by atoms with van der Waals surface area (Å²) in [5.41, 5.74) is 1.50. The number of β-lactam (4-membered cyclic amide) rings is 1. The number of allylic oxidation sites excluding steroid dienone is 1. The Kier molecular flexibility index (Phi) is 8.92. The van der Waals surface area contributed by atoms with E-state index in [0.29, 0.717) is 16.9 Å². The second-order valence-electron chi connectivity index (χ2n) is 13.5. The summed E-state index contributed by atoms with van der Waals surface area (Å²) in [6.45, 7) is 4.08. The number of methoxy groups -OCH3 is 1. The first-order chi connectivity index (χ1) is 24.1. The fourth-order valence-electron chi connectivity index (χ4n) is 7.71. The van der Waals surface area contributed by atoms with Crippen molar-refractivity contribution in [1.29, 1.82) is 0 Å². The van der Waals surface area contributed by atoms with Gasteiger partial charge in [-0.05, 0) is 43.5 Å². The lowest BCUT2D eigenvalue weighted by atomic mass is 9.64. The van der Waals surface area contributed by atoms with Gasteiger partial charge in [0.25, 0.3) is 0 Å². The molecular weight excluding hydrogens is 651 g/mol. The van der Waals surface area contributed by atoms with E-state index in [1.165, 1.54) is 11.8 Å². The number of ketones is 1. The largest absolute Gasteiger partial charge is 0.497 e. The van der Waals surface area contributed by atoms with E-state index in [0.717, 1.165) is 11.1 Å². The van der Waals surface area contributed by atoms with Crippen LogP contribution >= 0.6 is 11.8 Å². The average Bonchev–Trinajstić information content (AvgIpc) is 3.70. The molecule has 4 aromatic carbocycles. The number of rotatable bonds is 11. The quantitative estimate of drug-likeness (QED) is 0.0806. The molecule has 0 aromatic heterocycles. The minimum atomic E-state index is -1.88. The number of hydrogen-bond acceptors (Lipinski definition) is 8. The molecule has 8 nitrogen and oxygen atoms in total. The van der Waals surface area contributed by atoms with Crippen LogP contribution in [0.4, 0.5) is 0 Å². The van der Waals surface area contributed by atoms with E-state index < -0.39 is 39.3 Å². The summed E-state index contributed by atoms with van der Waals surface area (Å²) >= 11 is 1.53. The molecule has 4 aromatic rings. The Balaban J connectivity index is 1.23. The lowest BCUT2D eigenvalue weighted by molar-refractivity contribution is -0.270. The van der Waals surface area contributed by atoms with E-state index >= 15 is 0 Å². The molecule has 3 aliphatic rings. The van der Waals surface area contributed by atoms with Crippen LogP contribution in [0.5, 0.6) is 5.75 Å². The van der Waals surface area contributed by atoms with E-state index in [1.807, 2.05) is 80.6 Å². The number of nitrogens with zero attached hydrogens (tertiary/aromatic N) is 1. The number of hydrogen-bond donors (Lipinski definition) is 1. The zero-order valence-corrected chi connectivity index (χ0v) is 29.0. The van der Waals surface area contributed by atoms with Crippen molar-refractivity contribution < 1.29 is 33.7 Å². The Morgan fingerprint density at radius 1 is 0.860 bits per heavy atom. The highest BCUT2D eigenvalue weighted by atomic mass is 32.2. The molecule has 0 radical (unpaired) electrons. The molecule has 0 bridgehead atoms. The molecule has 3 unspecified atom stereocenters. The van der Waals surface area contributed by atoms with E-state index in [4.69, 9.17) is 14.2 Å². The molecule has 2 fully saturated rings. The van der Waals surface area contributed by atoms with Crippen molar-refractivity contribution in [3.8, 4) is 5.75 Å². The molecule has 256 valence electrons. The second-order valence-corrected chi connectivity index (χ2v) is 15.3. The maximum Gasteiger partial charge on any atom is 0.334 e. The molecule has 7 rings (SSSR count). The highest BCUT2D eigenvalue weighted by Gasteiger charge is 2.77. The molecule has 1 spiro atoms. The van der Waals surface area contributed by atoms with Crippen LogP contribution < -0.4 is 4.74 Å². The van der Waals surface area contributed by atoms with Gasteiger partial charge >= 0.3 is 5.97 Å². The van der Waals surface area contributed by atoms with Crippen molar-refractivity contribution in [2.75, 3.05) is 7.11 Å². The molecule has 2 heterocycles. The van der Waals surface area contributed by atoms with E-state index in [2.05, 4.69) is 0 Å². The minimum Gasteiger partial charge on any atom is -0.497 e. The number of thioether (sulfide) groups is 1. The van der Waals surface area contributed by atoms with Crippen LogP contribution in [0.3, 0.4) is 0 Å². The zero-order chi connectivity index (χ0) is 35.1. The average molecular weight is 690 g/mol. The van der Waals surface area contributed by atoms with E-state index in [-0.39, 0.29) is 36.9 Å². The van der Waals surface area contributed by atoms with Crippen LogP contribution in [-0.4, -0.2) is 50.9 Å². The van der Waals surface area contributed by atoms with Crippen molar-refractivity contribution in [3.05, 3.63) is 149 Å². The van der Waals surface area contributed by atoms with Gasteiger partial charge in [-0.2, -0.15) is 0 Å². The summed E-state index contributed by atoms with van der Waals surface area (Å²) < 4.78 is 16.7. The van der Waals surface area contributed by atoms with Crippen molar-refractivity contribution in [3.63, 3.8) is 0 Å². The number of carbonyl (C=O) groups is 3. The number of aliphatic hydroxyl groups is 1. The Morgan fingerprint density at radius 2 is 1.46 bits per heavy atom. The van der Waals surface area contributed by atoms with Gasteiger partial charge in [0, 0.05) is 21.4 Å². The zero-order valence-electron chi connectivity index (χ0n) is 28.2. The third-order valence-electron chi connectivity index (χ3n) is 10.1. The fourth-order valence-corrected chi connectivity index (χ4v) is 9.56. The summed E-state index contributed by atoms with van der Waals surface area (Å²) in [7, 11) is 1.58. The summed E-state index contributed by atoms with van der Waals surface area (Å²) in [5.74, 6) is -3.52. The Hall–Kier alpha value is -4.70. The van der Waals surface area contributed by atoms with Gasteiger partial charge in [0.2, 0.25) is 11.7 Å². The third kappa shape index (κ3) is 5.63. The maximum absolute atomic E-state index is 14.9. The fraction of sp³-hybridized carbons (Fsp3) is 0.293. The highest BCUT2D eigenvalue weighted by Crippen LogP contribution is 2.68. The van der Waals surface area contributed by atoms with Crippen molar-refractivity contribution in [1.82, 2.24) is 4.90 Å². The topological polar surface area (TPSA) is 102 Å². The predicted molar refractivity (Wildman–Crippen MR) is 190 cm³/mol. The summed E-state index contributed by atoms with van der Waals surface area (Å²) in [5, 5.41) is 12.1. The van der Waals surface area contributed by atoms with Gasteiger partial charge < -0.3 is 24.2 Å². The van der Waals surface area contributed by atoms with Gasteiger partial charge in [-0.25, -0.2) is 4.79 Å². The molecular formula is C41H39NO7S. The van der Waals surface area contributed by atoms with Crippen LogP contribution in [0.15, 0.2) is 127 Å². The Labute approximate surface area is 296 Å². The standard InChI is InChI=1S/C41H39NO7S/c1-39(2)36(41(46,30-17-11-6-12-18-30)49-26-27-13-7-4-8-14-27)42-37(45)40(38(42)50-39)24-23-32(33(40)34(43)29-15-9-5-10-16-29)35(44)48-25-28-19-21-31(47-3)22-20-28/h4-23,33,36,38,46H,24-26H2,1-3H3/t33?,36-,38-,40?,41?/m1/s1. The monoisotopic (exact) mass is 689 g/mol. The van der Waals surface area contributed by atoms with Crippen LogP contribution in [-0.2, 0) is 38.1 Å². The predicted octanol–water partition coefficient (Wildman–Crippen LogP) is 6.68. The Bertz CT molecular complexity index is 1920. The van der Waals surface area contributed by atoms with Gasteiger partial charge in [0.05, 0.1) is 30.4 Å². The van der Waals surface area contributed by atoms with Gasteiger partial charge in [-0.3, -0.25) is 9.59 Å². The van der Waals surface area contributed by atoms with Crippen LogP contribution in [0.1, 0.15) is 47.3 Å². The molecule has 2 saturated heterocycles. The summed E-state index contributed by atoms with van der Waals surface area (Å²) in [6.07, 6.45) is 1.89. The lowest BCUT2D eigenvalue weighted by Gasteiger charge is -2.56. The number of carbonyl (C=O) groups excluding carboxylic acids is 3. The smallest absolute Gasteiger partial charge is 0.334 e. The number of benzene rings is 4. The van der Waals surface area contributed by atoms with Crippen molar-refractivity contribution in [2.24, 2.45) is 11.3 Å². The summed E-state index contributed by atoms with van der Waals surface area (Å²) in [6, 6.07) is 33.8. The van der Waals surface area contributed by atoms with Crippen LogP contribution in [0, 0.1) is 11.3 Å². The SMILES string of the molecule is COc1ccc(COC(=O)C2=CCC3(C(=O)N4[C@@H](C(O)(OCc5ccccc5)c5ccccc5)C(C)(C)S[C@@H]43)C2C(=O)c2ccccc2)cc1. The number of Topliss-reactive ketones (excluding diaryl/α,β-unsaturated/α-hetero) is 1. The molecule has 0 saturated carbocycles. The first kappa shape index (κ1) is 33.8. The molecule has 5 atom stereocenters. The van der Waals surface area contributed by atoms with Gasteiger partial charge in [0.15, 0.2) is 5.78 Å². The van der Waals surface area contributed by atoms with Crippen molar-refractivity contribution >= 4 is 29.4 Å². The second kappa shape index (κ2) is 13.2. The lowest BCUT2D eigenvalue weighted by Crippen LogP contribution is -2.73. The first-order valence-corrected chi connectivity index (χ1v) is 17.5. The minimum absolute atomic E-state index is 0.00433. The van der Waals surface area contributed by atoms with E-state index in [1.54, 1.807) is 66.6 Å². The molecule has 50 heavy (non-hydrogen) atoms. The number of ether oxygens (including phenoxy) is 3. The maximum atomic E-state index is 14.9. The number of amides is 1. The molecule has 9 heteroatoms. The van der Waals surface area contributed by atoms with Gasteiger partial charge in [0.1, 0.15) is 18.4 Å². The van der Waals surface area contributed by atoms with Gasteiger partial charge in [-0.15, -0.1) is 11.8 Å². The Morgan fingerprint density at radius 3 is 2.10 bits per heavy atom. The van der Waals surface area contributed by atoms with Crippen LogP contribution in [0.25, 0.3) is 0 Å². The van der Waals surface area contributed by atoms with E-state index in [9.17, 15) is 19.5 Å². The number of esters is 1. The molecule has 1 aliphatic carbocycles. The highest BCUT2D eigenvalue weighted by molar-refractivity contribution is 8.01. The van der Waals surface area contributed by atoms with Crippen molar-refractivity contribution in [2.45, 2.75) is 55.4 Å².